The normalized spacial score (nSPS) is 15.4. The number of benzene rings is 2. The van der Waals surface area contributed by atoms with E-state index in [1.165, 1.54) is 11.1 Å². The van der Waals surface area contributed by atoms with Gasteiger partial charge in [-0.3, -0.25) is 4.79 Å². The lowest BCUT2D eigenvalue weighted by molar-refractivity contribution is 0.0673. The van der Waals surface area contributed by atoms with Gasteiger partial charge >= 0.3 is 0 Å². The van der Waals surface area contributed by atoms with Gasteiger partial charge in [-0.2, -0.15) is 0 Å². The first kappa shape index (κ1) is 18.7. The maximum atomic E-state index is 12.5. The Morgan fingerprint density at radius 3 is 2.35 bits per heavy atom. The lowest BCUT2D eigenvalue weighted by Gasteiger charge is -2.34. The Hall–Kier alpha value is -2.13. The Balaban J connectivity index is 1.40. The molecule has 0 aliphatic carbocycles. The molecule has 3 heteroatoms. The third-order valence-corrected chi connectivity index (χ3v) is 5.40. The van der Waals surface area contributed by atoms with Crippen LogP contribution in [0, 0.1) is 12.8 Å². The van der Waals surface area contributed by atoms with E-state index in [9.17, 15) is 4.79 Å². The molecule has 138 valence electrons. The number of likely N-dealkylation sites (N-methyl/N-ethyl adjacent to an activating group) is 1. The third-order valence-electron chi connectivity index (χ3n) is 5.40. The summed E-state index contributed by atoms with van der Waals surface area (Å²) >= 11 is 0. The molecule has 0 unspecified atom stereocenters. The molecule has 0 saturated carbocycles. The Labute approximate surface area is 157 Å². The van der Waals surface area contributed by atoms with E-state index < -0.39 is 0 Å². The smallest absolute Gasteiger partial charge is 0.253 e. The van der Waals surface area contributed by atoms with Gasteiger partial charge in [0.25, 0.3) is 5.91 Å². The molecule has 3 rings (SSSR count). The number of hydrogen-bond donors (Lipinski definition) is 0. The van der Waals surface area contributed by atoms with E-state index in [1.54, 1.807) is 0 Å². The van der Waals surface area contributed by atoms with E-state index in [0.29, 0.717) is 5.92 Å². The van der Waals surface area contributed by atoms with Gasteiger partial charge in [-0.15, -0.1) is 0 Å². The summed E-state index contributed by atoms with van der Waals surface area (Å²) in [5.41, 5.74) is 3.53. The van der Waals surface area contributed by atoms with Crippen molar-refractivity contribution < 1.29 is 4.79 Å². The zero-order chi connectivity index (χ0) is 18.4. The van der Waals surface area contributed by atoms with Gasteiger partial charge in [0, 0.05) is 31.7 Å². The highest BCUT2D eigenvalue weighted by Gasteiger charge is 2.24. The maximum absolute atomic E-state index is 12.5. The van der Waals surface area contributed by atoms with Gasteiger partial charge in [0.1, 0.15) is 0 Å². The van der Waals surface area contributed by atoms with E-state index in [4.69, 9.17) is 0 Å². The van der Waals surface area contributed by atoms with Crippen LogP contribution in [0.25, 0.3) is 0 Å². The zero-order valence-electron chi connectivity index (χ0n) is 16.0. The monoisotopic (exact) mass is 350 g/mol. The number of rotatable bonds is 6. The summed E-state index contributed by atoms with van der Waals surface area (Å²) in [6.07, 6.45) is 3.31. The van der Waals surface area contributed by atoms with Crippen LogP contribution in [0.2, 0.25) is 0 Å². The fourth-order valence-corrected chi connectivity index (χ4v) is 3.69. The molecule has 26 heavy (non-hydrogen) atoms. The van der Waals surface area contributed by atoms with E-state index >= 15 is 0 Å². The molecular formula is C23H30N2O. The standard InChI is InChI=1S/C23H30N2O/c1-19-8-10-20(11-9-19)12-15-24(2)18-21-13-16-25(17-14-21)23(26)22-6-4-3-5-7-22/h3-11,21H,12-18H2,1-2H3. The number of hydrogen-bond acceptors (Lipinski definition) is 2. The van der Waals surface area contributed by atoms with Crippen LogP contribution < -0.4 is 0 Å². The molecule has 1 aliphatic heterocycles. The average molecular weight is 351 g/mol. The molecule has 2 aromatic carbocycles. The van der Waals surface area contributed by atoms with E-state index in [1.807, 2.05) is 35.2 Å². The second-order valence-electron chi connectivity index (χ2n) is 7.60. The van der Waals surface area contributed by atoms with Crippen LogP contribution in [0.15, 0.2) is 54.6 Å². The van der Waals surface area contributed by atoms with Crippen molar-refractivity contribution in [3.05, 3.63) is 71.3 Å². The molecule has 0 bridgehead atoms. The van der Waals surface area contributed by atoms with Gasteiger partial charge in [-0.25, -0.2) is 0 Å². The minimum absolute atomic E-state index is 0.178. The van der Waals surface area contributed by atoms with Crippen molar-refractivity contribution in [2.75, 3.05) is 33.2 Å². The molecule has 0 aromatic heterocycles. The van der Waals surface area contributed by atoms with Crippen molar-refractivity contribution in [2.45, 2.75) is 26.2 Å². The Morgan fingerprint density at radius 2 is 1.69 bits per heavy atom. The summed E-state index contributed by atoms with van der Waals surface area (Å²) < 4.78 is 0. The Kier molecular flexibility index (Phi) is 6.45. The summed E-state index contributed by atoms with van der Waals surface area (Å²) in [7, 11) is 2.22. The fourth-order valence-electron chi connectivity index (χ4n) is 3.69. The lowest BCUT2D eigenvalue weighted by atomic mass is 9.95. The molecule has 1 aliphatic rings. The fraction of sp³-hybridized carbons (Fsp3) is 0.435. The van der Waals surface area contributed by atoms with Gasteiger partial charge in [-0.1, -0.05) is 48.0 Å². The van der Waals surface area contributed by atoms with Crippen molar-refractivity contribution >= 4 is 5.91 Å². The number of carbonyl (C=O) groups is 1. The van der Waals surface area contributed by atoms with Crippen molar-refractivity contribution in [3.63, 3.8) is 0 Å². The molecule has 3 nitrogen and oxygen atoms in total. The molecule has 0 spiro atoms. The van der Waals surface area contributed by atoms with Crippen LogP contribution >= 0.6 is 0 Å². The molecule has 1 amide bonds. The van der Waals surface area contributed by atoms with E-state index in [-0.39, 0.29) is 5.91 Å². The first-order valence-electron chi connectivity index (χ1n) is 9.70. The summed E-state index contributed by atoms with van der Waals surface area (Å²) in [6.45, 7) is 6.10. The molecule has 1 fully saturated rings. The topological polar surface area (TPSA) is 23.6 Å². The largest absolute Gasteiger partial charge is 0.339 e. The minimum atomic E-state index is 0.178. The summed E-state index contributed by atoms with van der Waals surface area (Å²) in [5.74, 6) is 0.870. The first-order valence-corrected chi connectivity index (χ1v) is 9.70. The van der Waals surface area contributed by atoms with Crippen molar-refractivity contribution in [3.8, 4) is 0 Å². The van der Waals surface area contributed by atoms with Gasteiger partial charge in [0.15, 0.2) is 0 Å². The first-order chi connectivity index (χ1) is 12.6. The second kappa shape index (κ2) is 9.00. The van der Waals surface area contributed by atoms with Gasteiger partial charge < -0.3 is 9.80 Å². The molecule has 0 radical (unpaired) electrons. The molecule has 0 N–H and O–H groups in total. The van der Waals surface area contributed by atoms with Crippen LogP contribution in [0.5, 0.6) is 0 Å². The van der Waals surface area contributed by atoms with E-state index in [0.717, 1.165) is 51.0 Å². The van der Waals surface area contributed by atoms with Crippen LogP contribution in [-0.4, -0.2) is 48.9 Å². The molecule has 1 heterocycles. The van der Waals surface area contributed by atoms with Crippen molar-refractivity contribution in [1.82, 2.24) is 9.80 Å². The number of amides is 1. The highest BCUT2D eigenvalue weighted by atomic mass is 16.2. The summed E-state index contributed by atoms with van der Waals surface area (Å²) in [4.78, 5) is 17.0. The number of piperidine rings is 1. The van der Waals surface area contributed by atoms with E-state index in [2.05, 4.69) is 43.1 Å². The number of carbonyl (C=O) groups excluding carboxylic acids is 1. The van der Waals surface area contributed by atoms with Crippen LogP contribution in [0.3, 0.4) is 0 Å². The number of aryl methyl sites for hydroxylation is 1. The SMILES string of the molecule is Cc1ccc(CCN(C)CC2CCN(C(=O)c3ccccc3)CC2)cc1. The molecule has 2 aromatic rings. The van der Waals surface area contributed by atoms with Gasteiger partial charge in [0.05, 0.1) is 0 Å². The highest BCUT2D eigenvalue weighted by Crippen LogP contribution is 2.20. The number of nitrogens with zero attached hydrogens (tertiary/aromatic N) is 2. The van der Waals surface area contributed by atoms with Gasteiger partial charge in [0.2, 0.25) is 0 Å². The molecular weight excluding hydrogens is 320 g/mol. The van der Waals surface area contributed by atoms with Crippen molar-refractivity contribution in [1.29, 1.82) is 0 Å². The minimum Gasteiger partial charge on any atom is -0.339 e. The quantitative estimate of drug-likeness (QED) is 0.785. The predicted octanol–water partition coefficient (Wildman–Crippen LogP) is 4.02. The molecule has 1 saturated heterocycles. The Morgan fingerprint density at radius 1 is 1.04 bits per heavy atom. The number of likely N-dealkylation sites (tertiary alicyclic amines) is 1. The molecule has 0 atom stereocenters. The van der Waals surface area contributed by atoms with Crippen LogP contribution in [0.1, 0.15) is 34.3 Å². The van der Waals surface area contributed by atoms with Gasteiger partial charge in [-0.05, 0) is 56.8 Å². The van der Waals surface area contributed by atoms with Crippen LogP contribution in [-0.2, 0) is 6.42 Å². The summed E-state index contributed by atoms with van der Waals surface area (Å²) in [5, 5.41) is 0. The highest BCUT2D eigenvalue weighted by molar-refractivity contribution is 5.94. The second-order valence-corrected chi connectivity index (χ2v) is 7.60. The van der Waals surface area contributed by atoms with Crippen LogP contribution in [0.4, 0.5) is 0 Å². The lowest BCUT2D eigenvalue weighted by Crippen LogP contribution is -2.41. The predicted molar refractivity (Wildman–Crippen MR) is 107 cm³/mol. The maximum Gasteiger partial charge on any atom is 0.253 e. The summed E-state index contributed by atoms with van der Waals surface area (Å²) in [6, 6.07) is 18.5. The third kappa shape index (κ3) is 5.18. The zero-order valence-corrected chi connectivity index (χ0v) is 16.0. The average Bonchev–Trinajstić information content (AvgIpc) is 2.68. The Bertz CT molecular complexity index is 688. The van der Waals surface area contributed by atoms with Crippen molar-refractivity contribution in [2.24, 2.45) is 5.92 Å².